The number of phenolic OH excluding ortho intramolecular Hbond substituents is 4. The fourth-order valence-electron chi connectivity index (χ4n) is 3.92. The molecule has 39 heavy (non-hydrogen) atoms. The Labute approximate surface area is 222 Å². The normalized spacial score (nSPS) is 23.0. The lowest BCUT2D eigenvalue weighted by atomic mass is 9.79. The quantitative estimate of drug-likeness (QED) is 0.121. The smallest absolute Gasteiger partial charge is 0.338 e. The van der Waals surface area contributed by atoms with Gasteiger partial charge in [-0.3, -0.25) is 0 Å². The van der Waals surface area contributed by atoms with Crippen LogP contribution in [0.4, 0.5) is 0 Å². The molecule has 0 bridgehead atoms. The van der Waals surface area contributed by atoms with Crippen molar-refractivity contribution in [2.45, 2.75) is 43.7 Å². The van der Waals surface area contributed by atoms with E-state index >= 15 is 0 Å². The van der Waals surface area contributed by atoms with Crippen LogP contribution in [0.25, 0.3) is 12.2 Å². The van der Waals surface area contributed by atoms with Gasteiger partial charge in [0.15, 0.2) is 34.7 Å². The Bertz CT molecular complexity index is 1280. The molecule has 1 aliphatic carbocycles. The van der Waals surface area contributed by atoms with Crippen LogP contribution in [0.2, 0.25) is 0 Å². The predicted molar refractivity (Wildman–Crippen MR) is 134 cm³/mol. The lowest BCUT2D eigenvalue weighted by Gasteiger charge is -2.41. The third-order valence-electron chi connectivity index (χ3n) is 5.83. The highest BCUT2D eigenvalue weighted by Crippen LogP contribution is 2.34. The van der Waals surface area contributed by atoms with E-state index in [9.17, 15) is 45.0 Å². The Morgan fingerprint density at radius 1 is 0.846 bits per heavy atom. The van der Waals surface area contributed by atoms with Gasteiger partial charge in [-0.2, -0.15) is 0 Å². The van der Waals surface area contributed by atoms with E-state index in [1.165, 1.54) is 55.5 Å². The number of ether oxygens (including phenoxy) is 3. The summed E-state index contributed by atoms with van der Waals surface area (Å²) in [6.45, 7) is 1.47. The molecule has 0 unspecified atom stereocenters. The van der Waals surface area contributed by atoms with Gasteiger partial charge in [-0.1, -0.05) is 12.1 Å². The molecule has 0 saturated heterocycles. The highest BCUT2D eigenvalue weighted by Gasteiger charge is 2.53. The van der Waals surface area contributed by atoms with E-state index in [2.05, 4.69) is 0 Å². The van der Waals surface area contributed by atoms with Crippen molar-refractivity contribution in [1.29, 1.82) is 0 Å². The molecular weight excluding hydrogens is 516 g/mol. The zero-order valence-electron chi connectivity index (χ0n) is 20.8. The van der Waals surface area contributed by atoms with Crippen LogP contribution in [0.5, 0.6) is 23.0 Å². The Hall–Kier alpha value is -4.55. The van der Waals surface area contributed by atoms with Gasteiger partial charge in [-0.15, -0.1) is 0 Å². The van der Waals surface area contributed by atoms with Gasteiger partial charge >= 0.3 is 17.9 Å². The topological polar surface area (TPSA) is 200 Å². The number of carbonyl (C=O) groups excluding carboxylic acids is 3. The average Bonchev–Trinajstić information content (AvgIpc) is 2.87. The van der Waals surface area contributed by atoms with E-state index in [0.717, 1.165) is 12.2 Å². The minimum atomic E-state index is -2.23. The number of aliphatic hydroxyl groups is 2. The van der Waals surface area contributed by atoms with Crippen LogP contribution in [0.1, 0.15) is 30.9 Å². The van der Waals surface area contributed by atoms with Crippen molar-refractivity contribution in [2.24, 2.45) is 0 Å². The minimum Gasteiger partial charge on any atom is -0.504 e. The predicted octanol–water partition coefficient (Wildman–Crippen LogP) is 1.51. The van der Waals surface area contributed by atoms with Gasteiger partial charge < -0.3 is 44.8 Å². The number of hydrogen-bond acceptors (Lipinski definition) is 12. The molecule has 0 spiro atoms. The summed E-state index contributed by atoms with van der Waals surface area (Å²) in [5.74, 6) is -4.53. The lowest BCUT2D eigenvalue weighted by molar-refractivity contribution is -0.207. The van der Waals surface area contributed by atoms with Crippen LogP contribution >= 0.6 is 0 Å². The first-order chi connectivity index (χ1) is 18.4. The number of rotatable bonds is 8. The first kappa shape index (κ1) is 29.0. The zero-order valence-corrected chi connectivity index (χ0v) is 20.8. The molecule has 0 amide bonds. The summed E-state index contributed by atoms with van der Waals surface area (Å²) in [6.07, 6.45) is -1.21. The number of aliphatic hydroxyl groups excluding tert-OH is 1. The summed E-state index contributed by atoms with van der Waals surface area (Å²) < 4.78 is 15.5. The first-order valence-corrected chi connectivity index (χ1v) is 11.8. The molecule has 3 rings (SSSR count). The molecule has 0 radical (unpaired) electrons. The van der Waals surface area contributed by atoms with Crippen molar-refractivity contribution in [3.05, 3.63) is 59.7 Å². The molecule has 1 saturated carbocycles. The molecule has 208 valence electrons. The molecule has 4 atom stereocenters. The van der Waals surface area contributed by atoms with Crippen LogP contribution in [0, 0.1) is 0 Å². The third-order valence-corrected chi connectivity index (χ3v) is 5.83. The number of carbonyl (C=O) groups is 3. The van der Waals surface area contributed by atoms with Crippen molar-refractivity contribution in [2.75, 3.05) is 6.61 Å². The number of hydrogen-bond donors (Lipinski definition) is 6. The van der Waals surface area contributed by atoms with E-state index < -0.39 is 66.2 Å². The SMILES string of the molecule is CCOC(=O)[C@@]1(O)C[C@H](OC(=O)C=Cc2ccc(O)c(O)c2)[C@H](OC(=O)C=Cc2ccc(O)c(O)c2)[C@@H](O)C1. The Morgan fingerprint density at radius 2 is 1.36 bits per heavy atom. The van der Waals surface area contributed by atoms with Crippen molar-refractivity contribution in [3.63, 3.8) is 0 Å². The maximum absolute atomic E-state index is 12.6. The summed E-state index contributed by atoms with van der Waals surface area (Å²) in [5.41, 5.74) is -1.55. The van der Waals surface area contributed by atoms with Gasteiger partial charge in [0.25, 0.3) is 0 Å². The molecular formula is C27H28O12. The second kappa shape index (κ2) is 12.3. The fourth-order valence-corrected chi connectivity index (χ4v) is 3.92. The molecule has 1 aliphatic rings. The molecule has 1 fully saturated rings. The van der Waals surface area contributed by atoms with Crippen LogP contribution in [0.3, 0.4) is 0 Å². The van der Waals surface area contributed by atoms with Crippen LogP contribution in [-0.4, -0.2) is 79.1 Å². The van der Waals surface area contributed by atoms with Crippen molar-refractivity contribution in [1.82, 2.24) is 0 Å². The number of benzene rings is 2. The highest BCUT2D eigenvalue weighted by atomic mass is 16.6. The number of esters is 3. The minimum absolute atomic E-state index is 0.0556. The molecule has 12 nitrogen and oxygen atoms in total. The molecule has 2 aromatic rings. The number of phenols is 4. The van der Waals surface area contributed by atoms with Crippen molar-refractivity contribution < 1.29 is 59.2 Å². The van der Waals surface area contributed by atoms with Gasteiger partial charge in [-0.25, -0.2) is 14.4 Å². The molecule has 0 heterocycles. The van der Waals surface area contributed by atoms with Gasteiger partial charge in [-0.05, 0) is 54.5 Å². The Balaban J connectivity index is 1.78. The summed E-state index contributed by atoms with van der Waals surface area (Å²) in [4.78, 5) is 37.4. The third kappa shape index (κ3) is 7.49. The summed E-state index contributed by atoms with van der Waals surface area (Å²) in [5, 5.41) is 59.5. The Kier molecular flexibility index (Phi) is 9.17. The van der Waals surface area contributed by atoms with E-state index in [1.807, 2.05) is 0 Å². The van der Waals surface area contributed by atoms with Crippen LogP contribution in [-0.2, 0) is 28.6 Å². The van der Waals surface area contributed by atoms with E-state index in [0.29, 0.717) is 11.1 Å². The molecule has 0 aliphatic heterocycles. The fraction of sp³-hybridized carbons (Fsp3) is 0.296. The monoisotopic (exact) mass is 544 g/mol. The largest absolute Gasteiger partial charge is 0.504 e. The second-order valence-corrected chi connectivity index (χ2v) is 8.77. The van der Waals surface area contributed by atoms with E-state index in [4.69, 9.17) is 14.2 Å². The van der Waals surface area contributed by atoms with Gasteiger partial charge in [0, 0.05) is 25.0 Å². The van der Waals surface area contributed by atoms with Gasteiger partial charge in [0.1, 0.15) is 6.10 Å². The first-order valence-electron chi connectivity index (χ1n) is 11.8. The molecule has 12 heteroatoms. The maximum atomic E-state index is 12.6. The van der Waals surface area contributed by atoms with Crippen LogP contribution < -0.4 is 0 Å². The van der Waals surface area contributed by atoms with Crippen LogP contribution in [0.15, 0.2) is 48.6 Å². The van der Waals surface area contributed by atoms with Crippen molar-refractivity contribution >= 4 is 30.1 Å². The molecule has 6 N–H and O–H groups in total. The van der Waals surface area contributed by atoms with Gasteiger partial charge in [0.2, 0.25) is 0 Å². The van der Waals surface area contributed by atoms with Crippen molar-refractivity contribution in [3.8, 4) is 23.0 Å². The standard InChI is InChI=1S/C27H28O12/c1-2-37-26(35)27(36)13-21(32)25(39-24(34)10-6-16-4-8-18(29)20(31)12-16)22(14-27)38-23(33)9-5-15-3-7-17(28)19(30)11-15/h3-12,21-22,25,28-32,36H,2,13-14H2,1H3/t21-,22-,25+,27-/m0/s1. The maximum Gasteiger partial charge on any atom is 0.338 e. The average molecular weight is 545 g/mol. The summed E-state index contributed by atoms with van der Waals surface area (Å²) in [7, 11) is 0. The Morgan fingerprint density at radius 3 is 1.85 bits per heavy atom. The summed E-state index contributed by atoms with van der Waals surface area (Å²) >= 11 is 0. The zero-order chi connectivity index (χ0) is 28.7. The molecule has 0 aromatic heterocycles. The summed E-state index contributed by atoms with van der Waals surface area (Å²) in [6, 6.07) is 7.63. The molecule has 2 aromatic carbocycles. The van der Waals surface area contributed by atoms with Gasteiger partial charge in [0.05, 0.1) is 12.7 Å². The lowest BCUT2D eigenvalue weighted by Crippen LogP contribution is -2.58. The van der Waals surface area contributed by atoms with E-state index in [-0.39, 0.29) is 18.1 Å². The number of aromatic hydroxyl groups is 4. The van der Waals surface area contributed by atoms with E-state index in [1.54, 1.807) is 0 Å². The highest BCUT2D eigenvalue weighted by molar-refractivity contribution is 5.88. The second-order valence-electron chi connectivity index (χ2n) is 8.77.